The number of ether oxygens (including phenoxy) is 5. The third-order valence-corrected chi connectivity index (χ3v) is 15.1. The lowest BCUT2D eigenvalue weighted by molar-refractivity contribution is -0.384. The van der Waals surface area contributed by atoms with E-state index < -0.39 is 40.8 Å². The molecule has 1 heterocycles. The SMILES string of the molecule is C=CCO[C@@]12Oc3ccc(OC(=O)NCc4ccccc4)cc3[C@H]3[C@H](CCCCO)[C@@H](CCCCO)C=C(C(=NOCc4ccc([N+](=O)[O-])cc4)C[C@@H]1N(Cc1cccc4ccccc14)C(=O)OCCOCc1ccccc1)[C@H]32. The maximum Gasteiger partial charge on any atom is 0.412 e. The summed E-state index contributed by atoms with van der Waals surface area (Å²) in [7, 11) is 0. The summed E-state index contributed by atoms with van der Waals surface area (Å²) in [5.41, 5.74) is 5.40. The van der Waals surface area contributed by atoms with Gasteiger partial charge < -0.3 is 44.1 Å². The summed E-state index contributed by atoms with van der Waals surface area (Å²) >= 11 is 0. The van der Waals surface area contributed by atoms with Crippen LogP contribution in [-0.2, 0) is 45.4 Å². The van der Waals surface area contributed by atoms with Gasteiger partial charge in [0.05, 0.1) is 42.9 Å². The lowest BCUT2D eigenvalue weighted by Crippen LogP contribution is -2.70. The molecule has 0 unspecified atom stereocenters. The standard InChI is InChI=1S/C63H68N4O12/c1-2-34-76-63-58(66(41-49-23-15-22-47-20-9-10-24-52(47)49)62(71)75-36-35-74-42-45-18-7-4-8-19-45)39-56(65-77-43-46-26-28-50(29-27-46)67(72)73)54-37-48(21-11-13-32-68)53(25-12-14-33-69)59(60(54)63)55-38-51(30-31-57(55)79-63)78-61(70)64-40-44-16-5-3-6-17-44/h2-10,15-20,22-24,26-31,37-38,48,53,58-60,68-69H,1,11-14,21,25,32-36,39-43H2,(H,64,70)/t48-,53+,58-,59+,60+,63+/m0/s1. The van der Waals surface area contributed by atoms with E-state index in [1.807, 2.05) is 109 Å². The van der Waals surface area contributed by atoms with Crippen molar-refractivity contribution >= 4 is 34.4 Å². The van der Waals surface area contributed by atoms with E-state index >= 15 is 4.79 Å². The molecule has 0 aromatic heterocycles. The van der Waals surface area contributed by atoms with Crippen molar-refractivity contribution in [1.82, 2.24) is 10.2 Å². The van der Waals surface area contributed by atoms with E-state index in [1.54, 1.807) is 35.2 Å². The maximum absolute atomic E-state index is 15.4. The average Bonchev–Trinajstić information content (AvgIpc) is 3.20. The Bertz CT molecular complexity index is 3080. The number of allylic oxidation sites excluding steroid dienone is 1. The van der Waals surface area contributed by atoms with Gasteiger partial charge in [0.2, 0.25) is 5.79 Å². The third-order valence-electron chi connectivity index (χ3n) is 15.1. The number of carbonyl (C=O) groups excluding carboxylic acids is 2. The predicted molar refractivity (Wildman–Crippen MR) is 299 cm³/mol. The molecule has 2 aliphatic carbocycles. The van der Waals surface area contributed by atoms with Crippen molar-refractivity contribution in [3.63, 3.8) is 0 Å². The first-order chi connectivity index (χ1) is 38.7. The number of carbonyl (C=O) groups is 2. The lowest BCUT2D eigenvalue weighted by Gasteiger charge is -2.59. The molecule has 3 aliphatic rings. The van der Waals surface area contributed by atoms with Crippen LogP contribution in [0.1, 0.15) is 78.7 Å². The Hall–Kier alpha value is -7.89. The molecule has 6 aromatic rings. The minimum absolute atomic E-state index is 0.00671. The van der Waals surface area contributed by atoms with Crippen LogP contribution in [0.15, 0.2) is 175 Å². The van der Waals surface area contributed by atoms with Crippen LogP contribution in [-0.4, -0.2) is 82.8 Å². The van der Waals surface area contributed by atoms with Gasteiger partial charge in [-0.05, 0) is 106 Å². The summed E-state index contributed by atoms with van der Waals surface area (Å²) in [6.07, 6.45) is 6.61. The number of nitrogens with zero attached hydrogens (tertiary/aromatic N) is 3. The van der Waals surface area contributed by atoms with E-state index in [1.165, 1.54) is 12.1 Å². The Labute approximate surface area is 460 Å². The molecule has 3 N–H and O–H groups in total. The number of hydrogen-bond donors (Lipinski definition) is 3. The van der Waals surface area contributed by atoms with Crippen molar-refractivity contribution in [3.8, 4) is 11.5 Å². The number of unbranched alkanes of at least 4 members (excludes halogenated alkanes) is 2. The van der Waals surface area contributed by atoms with Gasteiger partial charge in [-0.1, -0.05) is 133 Å². The summed E-state index contributed by atoms with van der Waals surface area (Å²) in [4.78, 5) is 48.0. The number of benzene rings is 6. The van der Waals surface area contributed by atoms with E-state index in [0.717, 1.165) is 45.0 Å². The van der Waals surface area contributed by atoms with E-state index in [0.29, 0.717) is 55.7 Å². The Morgan fingerprint density at radius 3 is 2.28 bits per heavy atom. The number of nitro groups is 1. The van der Waals surface area contributed by atoms with Crippen molar-refractivity contribution in [3.05, 3.63) is 208 Å². The zero-order chi connectivity index (χ0) is 55.0. The molecule has 0 saturated heterocycles. The highest BCUT2D eigenvalue weighted by molar-refractivity contribution is 6.03. The smallest absolute Gasteiger partial charge is 0.412 e. The van der Waals surface area contributed by atoms with Crippen LogP contribution in [0.25, 0.3) is 10.8 Å². The molecule has 0 spiro atoms. The zero-order valence-electron chi connectivity index (χ0n) is 44.2. The number of nitro benzene ring substituents is 1. The van der Waals surface area contributed by atoms with Crippen LogP contribution in [0.4, 0.5) is 15.3 Å². The molecule has 1 saturated carbocycles. The van der Waals surface area contributed by atoms with Crippen molar-refractivity contribution in [2.75, 3.05) is 33.0 Å². The Morgan fingerprint density at radius 1 is 0.823 bits per heavy atom. The number of oxime groups is 1. The quantitative estimate of drug-likeness (QED) is 0.0201. The molecule has 1 fully saturated rings. The number of nitrogens with one attached hydrogen (secondary N) is 1. The second-order valence-corrected chi connectivity index (χ2v) is 20.1. The van der Waals surface area contributed by atoms with Crippen LogP contribution in [0, 0.1) is 27.9 Å². The van der Waals surface area contributed by atoms with Gasteiger partial charge in [0.25, 0.3) is 5.69 Å². The van der Waals surface area contributed by atoms with Gasteiger partial charge in [-0.25, -0.2) is 9.59 Å². The minimum atomic E-state index is -1.65. The molecule has 2 amide bonds. The van der Waals surface area contributed by atoms with E-state index in [4.69, 9.17) is 33.7 Å². The van der Waals surface area contributed by atoms with Gasteiger partial charge in [-0.15, -0.1) is 6.58 Å². The molecule has 9 rings (SSSR count). The fourth-order valence-corrected chi connectivity index (χ4v) is 11.5. The number of hydrogen-bond acceptors (Lipinski definition) is 13. The molecule has 6 aromatic carbocycles. The van der Waals surface area contributed by atoms with Gasteiger partial charge in [0.1, 0.15) is 30.8 Å². The molecule has 79 heavy (non-hydrogen) atoms. The highest BCUT2D eigenvalue weighted by atomic mass is 16.7. The molecule has 16 heteroatoms. The first-order valence-corrected chi connectivity index (χ1v) is 27.1. The topological polar surface area (TPSA) is 201 Å². The van der Waals surface area contributed by atoms with Crippen molar-refractivity contribution in [2.45, 2.75) is 89.0 Å². The predicted octanol–water partition coefficient (Wildman–Crippen LogP) is 11.7. The number of aliphatic hydroxyl groups is 2. The van der Waals surface area contributed by atoms with Crippen LogP contribution < -0.4 is 14.8 Å². The molecule has 16 nitrogen and oxygen atoms in total. The van der Waals surface area contributed by atoms with E-state index in [9.17, 15) is 25.1 Å². The summed E-state index contributed by atoms with van der Waals surface area (Å²) in [6.45, 7) is 4.83. The van der Waals surface area contributed by atoms with Gasteiger partial charge in [0, 0.05) is 49.8 Å². The number of non-ortho nitro benzene ring substituents is 1. The second kappa shape index (κ2) is 27.1. The Balaban J connectivity index is 1.19. The second-order valence-electron chi connectivity index (χ2n) is 20.1. The average molecular weight is 1070 g/mol. The molecule has 0 radical (unpaired) electrons. The van der Waals surface area contributed by atoms with Gasteiger partial charge in [0.15, 0.2) is 0 Å². The van der Waals surface area contributed by atoms with Gasteiger partial charge in [-0.3, -0.25) is 15.0 Å². The number of fused-ring (bicyclic) bond motifs is 3. The fourth-order valence-electron chi connectivity index (χ4n) is 11.5. The zero-order valence-corrected chi connectivity index (χ0v) is 44.2. The highest BCUT2D eigenvalue weighted by Crippen LogP contribution is 2.62. The van der Waals surface area contributed by atoms with Crippen molar-refractivity contribution < 1.29 is 53.2 Å². The van der Waals surface area contributed by atoms with Crippen LogP contribution in [0.5, 0.6) is 11.5 Å². The molecular weight excluding hydrogens is 1000 g/mol. The molecule has 0 bridgehead atoms. The Morgan fingerprint density at radius 2 is 1.53 bits per heavy atom. The monoisotopic (exact) mass is 1070 g/mol. The molecular formula is C63H68N4O12. The molecule has 6 atom stereocenters. The van der Waals surface area contributed by atoms with Gasteiger partial charge in [-0.2, -0.15) is 0 Å². The van der Waals surface area contributed by atoms with Gasteiger partial charge >= 0.3 is 12.2 Å². The van der Waals surface area contributed by atoms with Crippen molar-refractivity contribution in [2.24, 2.45) is 22.9 Å². The Kier molecular flexibility index (Phi) is 19.2. The van der Waals surface area contributed by atoms with Crippen LogP contribution in [0.2, 0.25) is 0 Å². The maximum atomic E-state index is 15.4. The third kappa shape index (κ3) is 13.5. The van der Waals surface area contributed by atoms with Crippen LogP contribution >= 0.6 is 0 Å². The summed E-state index contributed by atoms with van der Waals surface area (Å²) < 4.78 is 33.0. The summed E-state index contributed by atoms with van der Waals surface area (Å²) in [5, 5.41) is 41.5. The normalized spacial score (nSPS) is 20.5. The van der Waals surface area contributed by atoms with E-state index in [2.05, 4.69) is 18.0 Å². The van der Waals surface area contributed by atoms with Crippen molar-refractivity contribution in [1.29, 1.82) is 0 Å². The minimum Gasteiger partial charge on any atom is -0.459 e. The highest BCUT2D eigenvalue weighted by Gasteiger charge is 2.66. The number of aliphatic hydroxyl groups excluding tert-OH is 2. The van der Waals surface area contributed by atoms with E-state index in [-0.39, 0.29) is 82.4 Å². The first kappa shape index (κ1) is 55.9. The largest absolute Gasteiger partial charge is 0.459 e. The summed E-state index contributed by atoms with van der Waals surface area (Å²) in [5.74, 6) is -2.25. The number of rotatable bonds is 26. The molecule has 1 aliphatic heterocycles. The first-order valence-electron chi connectivity index (χ1n) is 27.1. The molecule has 412 valence electrons. The lowest BCUT2D eigenvalue weighted by atomic mass is 9.55. The number of amides is 2. The summed E-state index contributed by atoms with van der Waals surface area (Å²) in [6, 6.07) is 43.7. The fraction of sp³-hybridized carbons (Fsp3) is 0.349. The van der Waals surface area contributed by atoms with Crippen LogP contribution in [0.3, 0.4) is 0 Å².